The highest BCUT2D eigenvalue weighted by molar-refractivity contribution is 5.90. The van der Waals surface area contributed by atoms with Crippen LogP contribution in [0.4, 0.5) is 10.5 Å². The Morgan fingerprint density at radius 2 is 2.07 bits per heavy atom. The number of pyridine rings is 1. The third-order valence-corrected chi connectivity index (χ3v) is 4.38. The first-order chi connectivity index (χ1) is 13.2. The number of rotatable bonds is 7. The Morgan fingerprint density at radius 3 is 2.78 bits per heavy atom. The molecular formula is C20H24N4O3. The molecule has 1 aromatic carbocycles. The average molecular weight is 368 g/mol. The Balaban J connectivity index is 1.71. The Morgan fingerprint density at radius 1 is 1.26 bits per heavy atom. The van der Waals surface area contributed by atoms with Gasteiger partial charge in [-0.15, -0.1) is 0 Å². The summed E-state index contributed by atoms with van der Waals surface area (Å²) in [6.45, 7) is 3.48. The summed E-state index contributed by atoms with van der Waals surface area (Å²) in [6, 6.07) is 12.4. The maximum Gasteiger partial charge on any atom is 0.319 e. The minimum atomic E-state index is -0.371. The van der Waals surface area contributed by atoms with E-state index >= 15 is 0 Å². The lowest BCUT2D eigenvalue weighted by atomic mass is 10.1. The number of nitrogens with one attached hydrogen (secondary N) is 2. The van der Waals surface area contributed by atoms with Crippen LogP contribution in [0.3, 0.4) is 0 Å². The molecule has 1 aromatic heterocycles. The van der Waals surface area contributed by atoms with Gasteiger partial charge in [-0.05, 0) is 31.0 Å². The monoisotopic (exact) mass is 368 g/mol. The number of carbonyl (C=O) groups is 2. The lowest BCUT2D eigenvalue weighted by Gasteiger charge is -2.25. The molecule has 3 amide bonds. The van der Waals surface area contributed by atoms with Gasteiger partial charge in [-0.1, -0.05) is 30.3 Å². The number of hydrogen-bond acceptors (Lipinski definition) is 4. The molecule has 0 saturated carbocycles. The van der Waals surface area contributed by atoms with E-state index in [2.05, 4.69) is 15.6 Å². The van der Waals surface area contributed by atoms with Crippen molar-refractivity contribution in [1.82, 2.24) is 15.2 Å². The number of amides is 3. The van der Waals surface area contributed by atoms with Crippen molar-refractivity contribution in [2.45, 2.75) is 25.8 Å². The number of benzene rings is 1. The summed E-state index contributed by atoms with van der Waals surface area (Å²) in [6.07, 6.45) is 3.04. The average Bonchev–Trinajstić information content (AvgIpc) is 3.08. The van der Waals surface area contributed by atoms with Crippen molar-refractivity contribution in [2.24, 2.45) is 0 Å². The molecule has 27 heavy (non-hydrogen) atoms. The fourth-order valence-electron chi connectivity index (χ4n) is 3.09. The lowest BCUT2D eigenvalue weighted by molar-refractivity contribution is -0.128. The first-order valence-corrected chi connectivity index (χ1v) is 9.15. The molecule has 0 aliphatic carbocycles. The predicted octanol–water partition coefficient (Wildman–Crippen LogP) is 2.97. The summed E-state index contributed by atoms with van der Waals surface area (Å²) in [7, 11) is 0. The van der Waals surface area contributed by atoms with Crippen molar-refractivity contribution in [1.29, 1.82) is 0 Å². The van der Waals surface area contributed by atoms with Crippen LogP contribution >= 0.6 is 0 Å². The zero-order chi connectivity index (χ0) is 19.1. The largest absolute Gasteiger partial charge is 0.476 e. The highest BCUT2D eigenvalue weighted by Crippen LogP contribution is 2.22. The van der Waals surface area contributed by atoms with E-state index in [0.717, 1.165) is 18.5 Å². The van der Waals surface area contributed by atoms with Crippen LogP contribution in [0.1, 0.15) is 31.4 Å². The molecule has 3 rings (SSSR count). The minimum Gasteiger partial charge on any atom is -0.476 e. The summed E-state index contributed by atoms with van der Waals surface area (Å²) in [5.41, 5.74) is 1.45. The number of hydrogen-bond donors (Lipinski definition) is 2. The molecule has 1 atom stereocenters. The highest BCUT2D eigenvalue weighted by Gasteiger charge is 2.25. The van der Waals surface area contributed by atoms with Crippen LogP contribution in [-0.4, -0.2) is 41.5 Å². The van der Waals surface area contributed by atoms with Crippen molar-refractivity contribution >= 4 is 17.6 Å². The van der Waals surface area contributed by atoms with Crippen LogP contribution in [-0.2, 0) is 4.79 Å². The molecule has 0 radical (unpaired) electrons. The van der Waals surface area contributed by atoms with E-state index in [1.165, 1.54) is 0 Å². The number of nitrogens with zero attached hydrogens (tertiary/aromatic N) is 2. The molecule has 2 N–H and O–H groups in total. The van der Waals surface area contributed by atoms with E-state index in [0.29, 0.717) is 31.1 Å². The Kier molecular flexibility index (Phi) is 6.25. The molecule has 1 unspecified atom stereocenters. The molecule has 1 saturated heterocycles. The molecule has 1 fully saturated rings. The first-order valence-electron chi connectivity index (χ1n) is 9.15. The van der Waals surface area contributed by atoms with Crippen LogP contribution in [0.5, 0.6) is 5.88 Å². The zero-order valence-corrected chi connectivity index (χ0v) is 15.4. The third-order valence-electron chi connectivity index (χ3n) is 4.38. The van der Waals surface area contributed by atoms with E-state index in [1.807, 2.05) is 37.3 Å². The summed E-state index contributed by atoms with van der Waals surface area (Å²) >= 11 is 0. The molecule has 7 nitrogen and oxygen atoms in total. The molecule has 0 spiro atoms. The Hall–Kier alpha value is -3.09. The van der Waals surface area contributed by atoms with Gasteiger partial charge in [-0.2, -0.15) is 0 Å². The summed E-state index contributed by atoms with van der Waals surface area (Å²) in [5.74, 6) is 0.505. The molecule has 2 aromatic rings. The van der Waals surface area contributed by atoms with Crippen molar-refractivity contribution in [3.05, 3.63) is 54.2 Å². The number of aromatic nitrogens is 1. The number of carbonyl (C=O) groups excluding carboxylic acids is 2. The maximum absolute atomic E-state index is 12.6. The van der Waals surface area contributed by atoms with Crippen LogP contribution in [0.25, 0.3) is 0 Å². The standard InChI is InChI=1S/C20H24N4O3/c1-2-27-19-16(10-6-12-21-19)22-20(26)23-17(15-8-4-3-5-9-15)14-24-13-7-11-18(24)25/h3-6,8-10,12,17H,2,7,11,13-14H2,1H3,(H2,22,23,26). The van der Waals surface area contributed by atoms with Gasteiger partial charge in [0.15, 0.2) is 0 Å². The van der Waals surface area contributed by atoms with E-state index in [9.17, 15) is 9.59 Å². The summed E-state index contributed by atoms with van der Waals surface area (Å²) in [4.78, 5) is 30.5. The summed E-state index contributed by atoms with van der Waals surface area (Å²) < 4.78 is 5.44. The highest BCUT2D eigenvalue weighted by atomic mass is 16.5. The van der Waals surface area contributed by atoms with Gasteiger partial charge >= 0.3 is 6.03 Å². The van der Waals surface area contributed by atoms with Gasteiger partial charge in [0.1, 0.15) is 5.69 Å². The van der Waals surface area contributed by atoms with Crippen molar-refractivity contribution in [3.8, 4) is 5.88 Å². The second kappa shape index (κ2) is 9.02. The quantitative estimate of drug-likeness (QED) is 0.787. The molecular weight excluding hydrogens is 344 g/mol. The fourth-order valence-corrected chi connectivity index (χ4v) is 3.09. The topological polar surface area (TPSA) is 83.6 Å². The molecule has 0 bridgehead atoms. The summed E-state index contributed by atoms with van der Waals surface area (Å²) in [5, 5.41) is 5.76. The van der Waals surface area contributed by atoms with Crippen molar-refractivity contribution < 1.29 is 14.3 Å². The zero-order valence-electron chi connectivity index (χ0n) is 15.4. The second-order valence-electron chi connectivity index (χ2n) is 6.29. The fraction of sp³-hybridized carbons (Fsp3) is 0.350. The second-order valence-corrected chi connectivity index (χ2v) is 6.29. The van der Waals surface area contributed by atoms with E-state index in [4.69, 9.17) is 4.74 Å². The van der Waals surface area contributed by atoms with Gasteiger partial charge in [0.2, 0.25) is 11.8 Å². The SMILES string of the molecule is CCOc1ncccc1NC(=O)NC(CN1CCCC1=O)c1ccccc1. The lowest BCUT2D eigenvalue weighted by Crippen LogP contribution is -2.40. The van der Waals surface area contributed by atoms with Crippen LogP contribution in [0, 0.1) is 0 Å². The number of anilines is 1. The Labute approximate surface area is 158 Å². The minimum absolute atomic E-state index is 0.129. The van der Waals surface area contributed by atoms with Gasteiger partial charge in [0.05, 0.1) is 12.6 Å². The normalized spacial score (nSPS) is 14.7. The van der Waals surface area contributed by atoms with Crippen LogP contribution < -0.4 is 15.4 Å². The smallest absolute Gasteiger partial charge is 0.319 e. The van der Waals surface area contributed by atoms with Gasteiger partial charge in [-0.3, -0.25) is 4.79 Å². The van der Waals surface area contributed by atoms with Gasteiger partial charge in [0.25, 0.3) is 0 Å². The number of likely N-dealkylation sites (tertiary alicyclic amines) is 1. The number of ether oxygens (including phenoxy) is 1. The third kappa shape index (κ3) is 4.97. The molecule has 7 heteroatoms. The van der Waals surface area contributed by atoms with Crippen LogP contribution in [0.15, 0.2) is 48.7 Å². The predicted molar refractivity (Wildman–Crippen MR) is 103 cm³/mol. The van der Waals surface area contributed by atoms with E-state index < -0.39 is 0 Å². The molecule has 142 valence electrons. The van der Waals surface area contributed by atoms with Crippen molar-refractivity contribution in [3.63, 3.8) is 0 Å². The molecule has 2 heterocycles. The first kappa shape index (κ1) is 18.7. The van der Waals surface area contributed by atoms with E-state index in [-0.39, 0.29) is 18.0 Å². The Bertz CT molecular complexity index is 782. The van der Waals surface area contributed by atoms with Crippen molar-refractivity contribution in [2.75, 3.05) is 25.0 Å². The molecule has 1 aliphatic heterocycles. The van der Waals surface area contributed by atoms with Gasteiger partial charge in [0, 0.05) is 25.7 Å². The maximum atomic E-state index is 12.6. The van der Waals surface area contributed by atoms with Gasteiger partial charge < -0.3 is 20.3 Å². The van der Waals surface area contributed by atoms with Crippen LogP contribution in [0.2, 0.25) is 0 Å². The van der Waals surface area contributed by atoms with E-state index in [1.54, 1.807) is 23.2 Å². The van der Waals surface area contributed by atoms with Gasteiger partial charge in [-0.25, -0.2) is 9.78 Å². The number of urea groups is 1. The molecule has 1 aliphatic rings.